The number of rotatable bonds is 4. The molecular weight excluding hydrogens is 296 g/mol. The zero-order valence-corrected chi connectivity index (χ0v) is 12.0. The molecule has 0 spiro atoms. The Hall–Kier alpha value is -2.05. The number of benzene rings is 1. The molecule has 0 saturated carbocycles. The zero-order chi connectivity index (χ0) is 15.0. The molecule has 21 heavy (non-hydrogen) atoms. The number of hydrogen-bond donors (Lipinski definition) is 1. The smallest absolute Gasteiger partial charge is 0.433 e. The molecule has 0 bridgehead atoms. The van der Waals surface area contributed by atoms with Crippen LogP contribution in [0.2, 0.25) is 5.02 Å². The van der Waals surface area contributed by atoms with E-state index >= 15 is 0 Å². The standard InChI is InChI=1S/C14H13ClN2O4/c1-16-13(11-2-3-12(21-11)17(18)19)10-7-9(15)6-8-4-5-20-14(8)10/h2-3,6-7,13,16H,4-5H2,1H3. The van der Waals surface area contributed by atoms with Gasteiger partial charge in [-0.15, -0.1) is 0 Å². The normalized spacial score (nSPS) is 14.6. The number of nitro groups is 1. The summed E-state index contributed by atoms with van der Waals surface area (Å²) in [6.45, 7) is 0.609. The first-order valence-electron chi connectivity index (χ1n) is 6.46. The Bertz CT molecular complexity index is 698. The first-order valence-corrected chi connectivity index (χ1v) is 6.84. The summed E-state index contributed by atoms with van der Waals surface area (Å²) in [4.78, 5) is 10.2. The summed E-state index contributed by atoms with van der Waals surface area (Å²) in [6.07, 6.45) is 0.803. The lowest BCUT2D eigenvalue weighted by Crippen LogP contribution is -2.17. The van der Waals surface area contributed by atoms with Gasteiger partial charge in [-0.3, -0.25) is 10.1 Å². The van der Waals surface area contributed by atoms with Gasteiger partial charge in [-0.2, -0.15) is 0 Å². The third-order valence-electron chi connectivity index (χ3n) is 3.45. The molecule has 2 aromatic rings. The van der Waals surface area contributed by atoms with Crippen LogP contribution in [0.15, 0.2) is 28.7 Å². The molecule has 1 aromatic heterocycles. The van der Waals surface area contributed by atoms with Crippen molar-refractivity contribution in [2.24, 2.45) is 0 Å². The van der Waals surface area contributed by atoms with Crippen molar-refractivity contribution in [3.8, 4) is 5.75 Å². The Morgan fingerprint density at radius 1 is 1.43 bits per heavy atom. The quantitative estimate of drug-likeness (QED) is 0.693. The van der Waals surface area contributed by atoms with Crippen molar-refractivity contribution in [2.45, 2.75) is 12.5 Å². The van der Waals surface area contributed by atoms with Crippen LogP contribution in [0, 0.1) is 10.1 Å². The molecule has 0 saturated heterocycles. The number of nitrogens with zero attached hydrogens (tertiary/aromatic N) is 1. The molecule has 1 atom stereocenters. The van der Waals surface area contributed by atoms with Crippen LogP contribution in [0.4, 0.5) is 5.88 Å². The van der Waals surface area contributed by atoms with Crippen molar-refractivity contribution in [1.82, 2.24) is 5.32 Å². The van der Waals surface area contributed by atoms with Crippen LogP contribution in [0.3, 0.4) is 0 Å². The number of nitrogens with one attached hydrogen (secondary N) is 1. The maximum absolute atomic E-state index is 10.7. The van der Waals surface area contributed by atoms with Gasteiger partial charge in [0.05, 0.1) is 18.7 Å². The maximum Gasteiger partial charge on any atom is 0.433 e. The molecule has 7 heteroatoms. The lowest BCUT2D eigenvalue weighted by atomic mass is 10.00. The van der Waals surface area contributed by atoms with E-state index in [1.54, 1.807) is 19.2 Å². The van der Waals surface area contributed by atoms with Crippen LogP contribution in [0.25, 0.3) is 0 Å². The summed E-state index contributed by atoms with van der Waals surface area (Å²) in [5.74, 6) is 0.937. The molecule has 6 nitrogen and oxygen atoms in total. The van der Waals surface area contributed by atoms with E-state index in [9.17, 15) is 10.1 Å². The van der Waals surface area contributed by atoms with E-state index in [2.05, 4.69) is 5.32 Å². The second-order valence-corrected chi connectivity index (χ2v) is 5.17. The van der Waals surface area contributed by atoms with Gasteiger partial charge in [0, 0.05) is 17.0 Å². The SMILES string of the molecule is CNC(c1ccc([N+](=O)[O-])o1)c1cc(Cl)cc2c1OCC2. The summed E-state index contributed by atoms with van der Waals surface area (Å²) in [6, 6.07) is 6.24. The van der Waals surface area contributed by atoms with Crippen molar-refractivity contribution in [1.29, 1.82) is 0 Å². The van der Waals surface area contributed by atoms with E-state index < -0.39 is 4.92 Å². The number of ether oxygens (including phenoxy) is 1. The van der Waals surface area contributed by atoms with Crippen LogP contribution in [0.5, 0.6) is 5.75 Å². The zero-order valence-electron chi connectivity index (χ0n) is 11.3. The first-order chi connectivity index (χ1) is 10.1. The molecule has 3 rings (SSSR count). The van der Waals surface area contributed by atoms with Crippen molar-refractivity contribution >= 4 is 17.5 Å². The molecule has 1 aliphatic heterocycles. The van der Waals surface area contributed by atoms with Gasteiger partial charge >= 0.3 is 5.88 Å². The van der Waals surface area contributed by atoms with Gasteiger partial charge in [0.2, 0.25) is 0 Å². The minimum absolute atomic E-state index is 0.287. The summed E-state index contributed by atoms with van der Waals surface area (Å²) >= 11 is 6.15. The third-order valence-corrected chi connectivity index (χ3v) is 3.67. The highest BCUT2D eigenvalue weighted by molar-refractivity contribution is 6.30. The van der Waals surface area contributed by atoms with Gasteiger partial charge in [0.25, 0.3) is 0 Å². The van der Waals surface area contributed by atoms with E-state index in [1.807, 2.05) is 6.07 Å². The van der Waals surface area contributed by atoms with Crippen LogP contribution < -0.4 is 10.1 Å². The molecule has 110 valence electrons. The third kappa shape index (κ3) is 2.48. The molecular formula is C14H13ClN2O4. The molecule has 0 radical (unpaired) electrons. The van der Waals surface area contributed by atoms with E-state index in [4.69, 9.17) is 20.8 Å². The largest absolute Gasteiger partial charge is 0.493 e. The van der Waals surface area contributed by atoms with E-state index in [-0.39, 0.29) is 11.9 Å². The van der Waals surface area contributed by atoms with Crippen LogP contribution >= 0.6 is 11.6 Å². The van der Waals surface area contributed by atoms with Crippen LogP contribution in [0.1, 0.15) is 22.9 Å². The predicted octanol–water partition coefficient (Wildman–Crippen LogP) is 3.08. The van der Waals surface area contributed by atoms with E-state index in [0.29, 0.717) is 17.4 Å². The number of fused-ring (bicyclic) bond motifs is 1. The summed E-state index contributed by atoms with van der Waals surface area (Å²) in [7, 11) is 1.75. The summed E-state index contributed by atoms with van der Waals surface area (Å²) in [5.41, 5.74) is 1.86. The highest BCUT2D eigenvalue weighted by Gasteiger charge is 2.27. The van der Waals surface area contributed by atoms with Gasteiger partial charge in [-0.1, -0.05) is 11.6 Å². The first kappa shape index (κ1) is 13.9. The maximum atomic E-state index is 10.7. The summed E-state index contributed by atoms with van der Waals surface area (Å²) in [5, 5.41) is 14.4. The van der Waals surface area contributed by atoms with Crippen LogP contribution in [-0.2, 0) is 6.42 Å². The van der Waals surface area contributed by atoms with Crippen molar-refractivity contribution in [2.75, 3.05) is 13.7 Å². The molecule has 0 amide bonds. The monoisotopic (exact) mass is 308 g/mol. The van der Waals surface area contributed by atoms with Gasteiger partial charge in [-0.25, -0.2) is 0 Å². The highest BCUT2D eigenvalue weighted by atomic mass is 35.5. The fourth-order valence-corrected chi connectivity index (χ4v) is 2.81. The lowest BCUT2D eigenvalue weighted by molar-refractivity contribution is -0.402. The van der Waals surface area contributed by atoms with Gasteiger partial charge in [0.1, 0.15) is 16.4 Å². The lowest BCUT2D eigenvalue weighted by Gasteiger charge is -2.17. The van der Waals surface area contributed by atoms with E-state index in [0.717, 1.165) is 23.3 Å². The number of furan rings is 1. The fraction of sp³-hybridized carbons (Fsp3) is 0.286. The molecule has 1 N–H and O–H groups in total. The molecule has 1 unspecified atom stereocenters. The van der Waals surface area contributed by atoms with Gasteiger partial charge in [-0.05, 0) is 30.8 Å². The van der Waals surface area contributed by atoms with Crippen molar-refractivity contribution in [3.63, 3.8) is 0 Å². The molecule has 1 aliphatic rings. The van der Waals surface area contributed by atoms with Crippen molar-refractivity contribution < 1.29 is 14.1 Å². The van der Waals surface area contributed by atoms with Crippen molar-refractivity contribution in [3.05, 3.63) is 56.3 Å². The Balaban J connectivity index is 2.06. The number of hydrogen-bond acceptors (Lipinski definition) is 5. The molecule has 2 heterocycles. The predicted molar refractivity (Wildman–Crippen MR) is 76.9 cm³/mol. The highest BCUT2D eigenvalue weighted by Crippen LogP contribution is 2.39. The molecule has 0 fully saturated rings. The second kappa shape index (κ2) is 5.38. The summed E-state index contributed by atoms with van der Waals surface area (Å²) < 4.78 is 11.0. The fourth-order valence-electron chi connectivity index (χ4n) is 2.56. The number of halogens is 1. The molecule has 0 aliphatic carbocycles. The Morgan fingerprint density at radius 3 is 2.90 bits per heavy atom. The Morgan fingerprint density at radius 2 is 2.24 bits per heavy atom. The Labute approximate surface area is 125 Å². The van der Waals surface area contributed by atoms with Gasteiger partial charge in [0.15, 0.2) is 0 Å². The van der Waals surface area contributed by atoms with Gasteiger partial charge < -0.3 is 14.5 Å². The average Bonchev–Trinajstić information content (AvgIpc) is 3.07. The minimum atomic E-state index is -0.560. The Kier molecular flexibility index (Phi) is 3.57. The minimum Gasteiger partial charge on any atom is -0.493 e. The van der Waals surface area contributed by atoms with E-state index in [1.165, 1.54) is 6.07 Å². The topological polar surface area (TPSA) is 77.5 Å². The van der Waals surface area contributed by atoms with Crippen LogP contribution in [-0.4, -0.2) is 18.6 Å². The molecule has 1 aromatic carbocycles. The second-order valence-electron chi connectivity index (χ2n) is 4.74. The average molecular weight is 309 g/mol.